The minimum atomic E-state index is 0.103. The molecule has 80 heavy (non-hydrogen) atoms. The van der Waals surface area contributed by atoms with E-state index in [9.17, 15) is 0 Å². The number of aromatic nitrogens is 8. The van der Waals surface area contributed by atoms with E-state index in [4.69, 9.17) is 29.9 Å². The molecule has 0 saturated heterocycles. The van der Waals surface area contributed by atoms with Crippen molar-refractivity contribution in [2.75, 3.05) is 0 Å². The van der Waals surface area contributed by atoms with Crippen molar-refractivity contribution in [2.24, 2.45) is 0 Å². The summed E-state index contributed by atoms with van der Waals surface area (Å²) < 4.78 is 0. The Kier molecular flexibility index (Phi) is 11.5. The normalized spacial score (nSPS) is 13.8. The fourth-order valence-corrected chi connectivity index (χ4v) is 11.8. The fraction of sp³-hybridized carbons (Fsp3) is 0.0278. The first kappa shape index (κ1) is 46.6. The van der Waals surface area contributed by atoms with E-state index in [-0.39, 0.29) is 11.8 Å². The molecule has 16 rings (SSSR count). The van der Waals surface area contributed by atoms with Crippen molar-refractivity contribution in [2.45, 2.75) is 11.8 Å². The molecule has 0 radical (unpaired) electrons. The molecule has 0 spiro atoms. The Morgan fingerprint density at radius 1 is 0.200 bits per heavy atom. The van der Waals surface area contributed by atoms with Gasteiger partial charge in [-0.25, -0.2) is 29.9 Å². The second kappa shape index (κ2) is 19.7. The van der Waals surface area contributed by atoms with Crippen LogP contribution in [0.3, 0.4) is 0 Å². The fourth-order valence-electron chi connectivity index (χ4n) is 11.8. The molecule has 8 heteroatoms. The van der Waals surface area contributed by atoms with Gasteiger partial charge in [-0.1, -0.05) is 218 Å². The first-order chi connectivity index (χ1) is 39.6. The molecule has 4 heterocycles. The van der Waals surface area contributed by atoms with Crippen LogP contribution in [0.25, 0.3) is 113 Å². The van der Waals surface area contributed by atoms with Crippen molar-refractivity contribution < 1.29 is 0 Å². The van der Waals surface area contributed by atoms with Gasteiger partial charge in [-0.05, 0) is 91.0 Å². The molecule has 2 unspecified atom stereocenters. The van der Waals surface area contributed by atoms with Crippen LogP contribution in [0, 0.1) is 0 Å². The van der Waals surface area contributed by atoms with Crippen LogP contribution in [0.2, 0.25) is 0 Å². The summed E-state index contributed by atoms with van der Waals surface area (Å²) in [6.07, 6.45) is 7.33. The van der Waals surface area contributed by atoms with Gasteiger partial charge >= 0.3 is 0 Å². The van der Waals surface area contributed by atoms with E-state index >= 15 is 0 Å². The summed E-state index contributed by atoms with van der Waals surface area (Å²) in [6, 6.07) is 85.2. The lowest BCUT2D eigenvalue weighted by molar-refractivity contribution is 0.755. The molecule has 13 aromatic rings. The standard InChI is InChI=1S/C72H46N8/c1-3-15-47(16-4-1)67-75-69(79-71(77-67)61-25-11-7-21-55(61)53-19-13-39-73-43-53)49-31-27-45(28-32-49)51-35-37-59-63(41-51)65-57-23-9-10-24-58(57)66(59)64-42-52(36-38-60(64)65)46-29-33-50(34-30-46)70-76-68(48-17-5-2-6-18-48)78-72(80-70)62-26-12-8-22-56(62)54-20-14-40-74-44-54/h1-44,65-66H. The summed E-state index contributed by atoms with van der Waals surface area (Å²) in [4.78, 5) is 39.3. The number of rotatable bonds is 10. The van der Waals surface area contributed by atoms with Gasteiger partial charge in [0.1, 0.15) is 0 Å². The minimum absolute atomic E-state index is 0.103. The third-order valence-corrected chi connectivity index (χ3v) is 15.6. The first-order valence-electron chi connectivity index (χ1n) is 26.9. The van der Waals surface area contributed by atoms with Crippen molar-refractivity contribution in [3.63, 3.8) is 0 Å². The van der Waals surface area contributed by atoms with Gasteiger partial charge in [-0.2, -0.15) is 0 Å². The Morgan fingerprint density at radius 3 is 0.887 bits per heavy atom. The van der Waals surface area contributed by atoms with Crippen molar-refractivity contribution in [3.8, 4) is 113 Å². The molecule has 9 aromatic carbocycles. The van der Waals surface area contributed by atoms with Crippen LogP contribution in [-0.2, 0) is 0 Å². The summed E-state index contributed by atoms with van der Waals surface area (Å²) in [7, 11) is 0. The van der Waals surface area contributed by atoms with Crippen molar-refractivity contribution >= 4 is 0 Å². The third kappa shape index (κ3) is 8.34. The van der Waals surface area contributed by atoms with E-state index in [1.807, 2.05) is 109 Å². The third-order valence-electron chi connectivity index (χ3n) is 15.6. The van der Waals surface area contributed by atoms with Gasteiger partial charge in [-0.15, -0.1) is 0 Å². The summed E-state index contributed by atoms with van der Waals surface area (Å²) >= 11 is 0. The number of benzene rings is 9. The van der Waals surface area contributed by atoms with E-state index in [0.29, 0.717) is 34.9 Å². The number of pyridine rings is 2. The van der Waals surface area contributed by atoms with Gasteiger partial charge in [0.05, 0.1) is 0 Å². The molecule has 3 aliphatic rings. The molecule has 0 fully saturated rings. The van der Waals surface area contributed by atoms with Crippen LogP contribution >= 0.6 is 0 Å². The zero-order chi connectivity index (χ0) is 52.9. The highest BCUT2D eigenvalue weighted by Gasteiger charge is 2.41. The molecule has 0 N–H and O–H groups in total. The summed E-state index contributed by atoms with van der Waals surface area (Å²) in [5, 5.41) is 0. The lowest BCUT2D eigenvalue weighted by atomic mass is 9.60. The predicted molar refractivity (Wildman–Crippen MR) is 318 cm³/mol. The van der Waals surface area contributed by atoms with Gasteiger partial charge in [0.25, 0.3) is 0 Å². The lowest BCUT2D eigenvalue weighted by Crippen LogP contribution is -2.27. The highest BCUT2D eigenvalue weighted by atomic mass is 15.0. The maximum absolute atomic E-state index is 5.14. The van der Waals surface area contributed by atoms with Crippen LogP contribution in [0.4, 0.5) is 0 Å². The Balaban J connectivity index is 0.749. The molecule has 3 aliphatic carbocycles. The van der Waals surface area contributed by atoms with E-state index in [1.54, 1.807) is 12.4 Å². The van der Waals surface area contributed by atoms with E-state index in [1.165, 1.54) is 44.5 Å². The quantitative estimate of drug-likeness (QED) is 0.133. The Hall–Kier alpha value is -10.7. The van der Waals surface area contributed by atoms with E-state index < -0.39 is 0 Å². The van der Waals surface area contributed by atoms with Gasteiger partial charge < -0.3 is 0 Å². The Morgan fingerprint density at radius 2 is 0.500 bits per heavy atom. The van der Waals surface area contributed by atoms with Crippen LogP contribution in [0.5, 0.6) is 0 Å². The van der Waals surface area contributed by atoms with Crippen LogP contribution in [0.1, 0.15) is 45.2 Å². The Bertz CT molecular complexity index is 4170. The minimum Gasteiger partial charge on any atom is -0.264 e. The molecule has 0 amide bonds. The molecule has 0 aliphatic heterocycles. The van der Waals surface area contributed by atoms with Gasteiger partial charge in [-0.3, -0.25) is 9.97 Å². The number of hydrogen-bond donors (Lipinski definition) is 0. The summed E-state index contributed by atoms with van der Waals surface area (Å²) in [6.45, 7) is 0. The smallest absolute Gasteiger partial charge is 0.164 e. The van der Waals surface area contributed by atoms with Gasteiger partial charge in [0.2, 0.25) is 0 Å². The molecular weight excluding hydrogens is 977 g/mol. The zero-order valence-electron chi connectivity index (χ0n) is 43.1. The highest BCUT2D eigenvalue weighted by Crippen LogP contribution is 2.57. The van der Waals surface area contributed by atoms with Gasteiger partial charge in [0, 0.05) is 81.1 Å². The topological polar surface area (TPSA) is 103 Å². The molecule has 374 valence electrons. The zero-order valence-corrected chi connectivity index (χ0v) is 43.1. The maximum atomic E-state index is 5.14. The molecule has 8 nitrogen and oxygen atoms in total. The molecule has 2 atom stereocenters. The largest absolute Gasteiger partial charge is 0.264 e. The van der Waals surface area contributed by atoms with E-state index in [0.717, 1.165) is 66.8 Å². The van der Waals surface area contributed by atoms with Crippen LogP contribution in [-0.4, -0.2) is 39.9 Å². The Labute approximate surface area is 463 Å². The van der Waals surface area contributed by atoms with Crippen molar-refractivity contribution in [3.05, 3.63) is 301 Å². The second-order valence-corrected chi connectivity index (χ2v) is 20.3. The summed E-state index contributed by atoms with van der Waals surface area (Å²) in [5.74, 6) is 3.89. The summed E-state index contributed by atoms with van der Waals surface area (Å²) in [5.41, 5.74) is 22.3. The molecular formula is C72H46N8. The second-order valence-electron chi connectivity index (χ2n) is 20.3. The molecule has 4 aromatic heterocycles. The van der Waals surface area contributed by atoms with E-state index in [2.05, 4.69) is 156 Å². The van der Waals surface area contributed by atoms with Crippen LogP contribution < -0.4 is 0 Å². The van der Waals surface area contributed by atoms with Crippen molar-refractivity contribution in [1.29, 1.82) is 0 Å². The maximum Gasteiger partial charge on any atom is 0.164 e. The average Bonchev–Trinajstić information content (AvgIpc) is 3.68. The highest BCUT2D eigenvalue weighted by molar-refractivity contribution is 5.84. The number of hydrogen-bond acceptors (Lipinski definition) is 8. The first-order valence-corrected chi connectivity index (χ1v) is 26.9. The lowest BCUT2D eigenvalue weighted by Gasteiger charge is -2.42. The monoisotopic (exact) mass is 1020 g/mol. The van der Waals surface area contributed by atoms with Gasteiger partial charge in [0.15, 0.2) is 34.9 Å². The predicted octanol–water partition coefficient (Wildman–Crippen LogP) is 16.5. The average molecular weight is 1020 g/mol. The molecule has 2 bridgehead atoms. The van der Waals surface area contributed by atoms with Crippen molar-refractivity contribution in [1.82, 2.24) is 39.9 Å². The number of nitrogens with zero attached hydrogens (tertiary/aromatic N) is 8. The molecule has 0 saturated carbocycles. The SMILES string of the molecule is c1ccc(-c2nc(-c3ccc(-c4ccc5c(c4)C4c6ccccc6C5c5cc(-c6ccc(-c7nc(-c8ccccc8)nc(-c8ccccc8-c8cccnc8)n7)cc6)ccc54)cc3)nc(-c3ccccc3-c3cccnc3)n2)cc1. The van der Waals surface area contributed by atoms with Crippen LogP contribution in [0.15, 0.2) is 267 Å².